The Kier molecular flexibility index (Phi) is 4.42. The largest absolute Gasteiger partial charge is 0.504 e. The van der Waals surface area contributed by atoms with Gasteiger partial charge < -0.3 is 14.9 Å². The molecule has 0 aliphatic rings. The lowest BCUT2D eigenvalue weighted by Crippen LogP contribution is -2.08. The molecule has 7 nitrogen and oxygen atoms in total. The average molecular weight is 325 g/mol. The molecule has 0 bridgehead atoms. The molecule has 1 aromatic heterocycles. The van der Waals surface area contributed by atoms with Crippen LogP contribution < -0.4 is 0 Å². The van der Waals surface area contributed by atoms with Gasteiger partial charge in [0, 0.05) is 0 Å². The van der Waals surface area contributed by atoms with Crippen LogP contribution in [-0.2, 0) is 22.6 Å². The van der Waals surface area contributed by atoms with E-state index in [1.807, 2.05) is 30.3 Å². The zero-order valence-corrected chi connectivity index (χ0v) is 12.7. The van der Waals surface area contributed by atoms with Crippen molar-refractivity contribution < 1.29 is 19.7 Å². The first-order valence-electron chi connectivity index (χ1n) is 7.25. The van der Waals surface area contributed by atoms with Gasteiger partial charge in [-0.1, -0.05) is 29.5 Å². The molecule has 0 radical (unpaired) electrons. The standard InChI is InChI=1S/C17H15N3O4/c21-15-7-6-12(8-16(15)22)9-17(23)24-11-13-10-20(19-18-13)14-4-2-1-3-5-14/h1-8,10,21-22H,9,11H2. The van der Waals surface area contributed by atoms with Crippen LogP contribution in [0.5, 0.6) is 11.5 Å². The molecule has 2 N–H and O–H groups in total. The zero-order chi connectivity index (χ0) is 16.9. The number of aromatic nitrogens is 3. The van der Waals surface area contributed by atoms with Crippen LogP contribution in [0.1, 0.15) is 11.3 Å². The summed E-state index contributed by atoms with van der Waals surface area (Å²) in [6, 6.07) is 13.7. The van der Waals surface area contributed by atoms with Gasteiger partial charge >= 0.3 is 5.97 Å². The van der Waals surface area contributed by atoms with Crippen LogP contribution in [0, 0.1) is 0 Å². The Hall–Kier alpha value is -3.35. The number of rotatable bonds is 5. The summed E-state index contributed by atoms with van der Waals surface area (Å²) in [6.07, 6.45) is 1.68. The van der Waals surface area contributed by atoms with Crippen LogP contribution >= 0.6 is 0 Å². The minimum Gasteiger partial charge on any atom is -0.504 e. The van der Waals surface area contributed by atoms with E-state index in [0.717, 1.165) is 5.69 Å². The molecule has 122 valence electrons. The van der Waals surface area contributed by atoms with Gasteiger partial charge in [0.15, 0.2) is 11.5 Å². The van der Waals surface area contributed by atoms with E-state index in [2.05, 4.69) is 10.3 Å². The second-order valence-corrected chi connectivity index (χ2v) is 5.15. The van der Waals surface area contributed by atoms with Gasteiger partial charge in [-0.3, -0.25) is 4.79 Å². The Morgan fingerprint density at radius 2 is 1.88 bits per heavy atom. The van der Waals surface area contributed by atoms with Crippen molar-refractivity contribution in [1.29, 1.82) is 0 Å². The van der Waals surface area contributed by atoms with Gasteiger partial charge in [-0.05, 0) is 29.8 Å². The summed E-state index contributed by atoms with van der Waals surface area (Å²) >= 11 is 0. The number of carbonyl (C=O) groups is 1. The maximum atomic E-state index is 11.8. The molecule has 0 aliphatic heterocycles. The summed E-state index contributed by atoms with van der Waals surface area (Å²) in [7, 11) is 0. The van der Waals surface area contributed by atoms with E-state index in [0.29, 0.717) is 11.3 Å². The lowest BCUT2D eigenvalue weighted by Gasteiger charge is -2.04. The maximum Gasteiger partial charge on any atom is 0.310 e. The van der Waals surface area contributed by atoms with E-state index in [4.69, 9.17) is 4.74 Å². The highest BCUT2D eigenvalue weighted by molar-refractivity contribution is 5.72. The highest BCUT2D eigenvalue weighted by Gasteiger charge is 2.10. The predicted octanol–water partition coefficient (Wildman–Crippen LogP) is 1.96. The number of nitrogens with zero attached hydrogens (tertiary/aromatic N) is 3. The first-order valence-corrected chi connectivity index (χ1v) is 7.25. The first kappa shape index (κ1) is 15.5. The summed E-state index contributed by atoms with van der Waals surface area (Å²) in [4.78, 5) is 11.8. The summed E-state index contributed by atoms with van der Waals surface area (Å²) in [5, 5.41) is 26.6. The maximum absolute atomic E-state index is 11.8. The summed E-state index contributed by atoms with van der Waals surface area (Å²) in [6.45, 7) is 0.00966. The van der Waals surface area contributed by atoms with Crippen molar-refractivity contribution in [2.75, 3.05) is 0 Å². The van der Waals surface area contributed by atoms with E-state index < -0.39 is 5.97 Å². The fourth-order valence-corrected chi connectivity index (χ4v) is 2.12. The number of carbonyl (C=O) groups excluding carboxylic acids is 1. The molecule has 7 heteroatoms. The normalized spacial score (nSPS) is 10.5. The fraction of sp³-hybridized carbons (Fsp3) is 0.118. The average Bonchev–Trinajstić information content (AvgIpc) is 3.06. The second-order valence-electron chi connectivity index (χ2n) is 5.15. The van der Waals surface area contributed by atoms with Crippen molar-refractivity contribution in [3.8, 4) is 17.2 Å². The van der Waals surface area contributed by atoms with E-state index in [1.165, 1.54) is 12.1 Å². The highest BCUT2D eigenvalue weighted by Crippen LogP contribution is 2.25. The Labute approximate surface area is 137 Å². The van der Waals surface area contributed by atoms with E-state index >= 15 is 0 Å². The Balaban J connectivity index is 1.56. The van der Waals surface area contributed by atoms with Gasteiger partial charge in [0.1, 0.15) is 12.3 Å². The number of esters is 1. The van der Waals surface area contributed by atoms with Crippen molar-refractivity contribution in [2.24, 2.45) is 0 Å². The summed E-state index contributed by atoms with van der Waals surface area (Å²) < 4.78 is 6.75. The monoisotopic (exact) mass is 325 g/mol. The van der Waals surface area contributed by atoms with Gasteiger partial charge in [-0.15, -0.1) is 5.10 Å². The van der Waals surface area contributed by atoms with Crippen LogP contribution in [-0.4, -0.2) is 31.2 Å². The molecule has 0 saturated carbocycles. The number of ether oxygens (including phenoxy) is 1. The molecule has 1 heterocycles. The minimum absolute atomic E-state index is 0.00966. The Morgan fingerprint density at radius 1 is 1.08 bits per heavy atom. The third kappa shape index (κ3) is 3.70. The number of hydrogen-bond acceptors (Lipinski definition) is 6. The third-order valence-corrected chi connectivity index (χ3v) is 3.33. The number of hydrogen-bond donors (Lipinski definition) is 2. The summed E-state index contributed by atoms with van der Waals surface area (Å²) in [5.74, 6) is -0.968. The lowest BCUT2D eigenvalue weighted by atomic mass is 10.1. The molecule has 3 rings (SSSR count). The van der Waals surface area contributed by atoms with Crippen molar-refractivity contribution in [2.45, 2.75) is 13.0 Å². The molecule has 0 amide bonds. The quantitative estimate of drug-likeness (QED) is 0.550. The first-order chi connectivity index (χ1) is 11.6. The number of phenols is 2. The molecule has 0 unspecified atom stereocenters. The van der Waals surface area contributed by atoms with E-state index in [1.54, 1.807) is 16.9 Å². The third-order valence-electron chi connectivity index (χ3n) is 3.33. The van der Waals surface area contributed by atoms with E-state index in [9.17, 15) is 15.0 Å². The second kappa shape index (κ2) is 6.82. The summed E-state index contributed by atoms with van der Waals surface area (Å²) in [5.41, 5.74) is 1.94. The SMILES string of the molecule is O=C(Cc1ccc(O)c(O)c1)OCc1cn(-c2ccccc2)nn1. The molecular weight excluding hydrogens is 310 g/mol. The molecule has 0 aliphatic carbocycles. The number of aromatic hydroxyl groups is 2. The molecule has 0 saturated heterocycles. The molecule has 2 aromatic carbocycles. The predicted molar refractivity (Wildman–Crippen MR) is 84.6 cm³/mol. The number of benzene rings is 2. The Morgan fingerprint density at radius 3 is 2.62 bits per heavy atom. The molecule has 0 atom stereocenters. The van der Waals surface area contributed by atoms with Crippen molar-refractivity contribution in [1.82, 2.24) is 15.0 Å². The minimum atomic E-state index is -0.464. The van der Waals surface area contributed by atoms with Gasteiger partial charge in [0.05, 0.1) is 18.3 Å². The molecular formula is C17H15N3O4. The van der Waals surface area contributed by atoms with Crippen LogP contribution in [0.3, 0.4) is 0 Å². The van der Waals surface area contributed by atoms with Crippen LogP contribution in [0.2, 0.25) is 0 Å². The molecule has 3 aromatic rings. The lowest BCUT2D eigenvalue weighted by molar-refractivity contribution is -0.144. The van der Waals surface area contributed by atoms with Gasteiger partial charge in [0.25, 0.3) is 0 Å². The number of para-hydroxylation sites is 1. The zero-order valence-electron chi connectivity index (χ0n) is 12.7. The smallest absolute Gasteiger partial charge is 0.310 e. The van der Waals surface area contributed by atoms with Crippen LogP contribution in [0.4, 0.5) is 0 Å². The topological polar surface area (TPSA) is 97.5 Å². The fourth-order valence-electron chi connectivity index (χ4n) is 2.12. The van der Waals surface area contributed by atoms with Gasteiger partial charge in [-0.25, -0.2) is 4.68 Å². The van der Waals surface area contributed by atoms with Crippen molar-refractivity contribution in [3.05, 3.63) is 66.0 Å². The Bertz CT molecular complexity index is 846. The van der Waals surface area contributed by atoms with Crippen LogP contribution in [0.15, 0.2) is 54.7 Å². The molecule has 0 spiro atoms. The highest BCUT2D eigenvalue weighted by atomic mass is 16.5. The van der Waals surface area contributed by atoms with Gasteiger partial charge in [0.2, 0.25) is 0 Å². The number of phenolic OH excluding ortho intramolecular Hbond substituents is 2. The van der Waals surface area contributed by atoms with Crippen molar-refractivity contribution >= 4 is 5.97 Å². The molecule has 0 fully saturated rings. The van der Waals surface area contributed by atoms with Gasteiger partial charge in [-0.2, -0.15) is 0 Å². The van der Waals surface area contributed by atoms with E-state index in [-0.39, 0.29) is 24.5 Å². The molecule has 24 heavy (non-hydrogen) atoms. The van der Waals surface area contributed by atoms with Crippen LogP contribution in [0.25, 0.3) is 5.69 Å². The van der Waals surface area contributed by atoms with Crippen molar-refractivity contribution in [3.63, 3.8) is 0 Å².